The monoisotopic (exact) mass is 1650 g/mol. The summed E-state index contributed by atoms with van der Waals surface area (Å²) in [7, 11) is 5.67. The summed E-state index contributed by atoms with van der Waals surface area (Å²) in [6.07, 6.45) is 15.8. The summed E-state index contributed by atoms with van der Waals surface area (Å²) in [5.41, 5.74) is 12.1. The number of fused-ring (bicyclic) bond motifs is 6. The van der Waals surface area contributed by atoms with Crippen molar-refractivity contribution in [2.24, 2.45) is 21.1 Å². The Morgan fingerprint density at radius 3 is 0.821 bits per heavy atom. The molecule has 3 amide bonds. The van der Waals surface area contributed by atoms with E-state index in [4.69, 9.17) is 64.0 Å². The number of ether oxygens (including phenoxy) is 3. The van der Waals surface area contributed by atoms with E-state index in [9.17, 15) is 29.7 Å². The predicted octanol–water partition coefficient (Wildman–Crippen LogP) is 15.5. The third-order valence-electron chi connectivity index (χ3n) is 22.4. The van der Waals surface area contributed by atoms with Crippen LogP contribution < -0.4 is 0 Å². The maximum Gasteiger partial charge on any atom is 0.410 e. The molecule has 3 aromatic carbocycles. The van der Waals surface area contributed by atoms with E-state index in [-0.39, 0.29) is 36.4 Å². The Bertz CT molecular complexity index is 4750. The van der Waals surface area contributed by atoms with E-state index in [1.165, 1.54) is 0 Å². The van der Waals surface area contributed by atoms with E-state index in [0.717, 1.165) is 118 Å². The summed E-state index contributed by atoms with van der Waals surface area (Å²) >= 11 is 19.7. The zero-order valence-electron chi connectivity index (χ0n) is 70.2. The van der Waals surface area contributed by atoms with Crippen molar-refractivity contribution in [3.63, 3.8) is 0 Å². The van der Waals surface area contributed by atoms with Gasteiger partial charge in [0.05, 0.1) is 88.4 Å². The number of aromatic nitrogens is 9. The lowest BCUT2D eigenvalue weighted by atomic mass is 9.83. The second-order valence-corrected chi connectivity index (χ2v) is 35.9. The molecule has 3 aliphatic carbocycles. The number of pyridine rings is 3. The largest absolute Gasteiger partial charge is 0.444 e. The number of carbonyl (C=O) groups is 3. The van der Waals surface area contributed by atoms with Crippen LogP contribution in [0.25, 0.3) is 34.9 Å². The number of aryl methyl sites for hydroxylation is 6. The van der Waals surface area contributed by atoms with Gasteiger partial charge in [-0.1, -0.05) is 71.2 Å². The van der Waals surface area contributed by atoms with Crippen molar-refractivity contribution in [2.75, 3.05) is 78.5 Å². The van der Waals surface area contributed by atoms with Crippen LogP contribution in [0.3, 0.4) is 0 Å². The zero-order valence-corrected chi connectivity index (χ0v) is 72.5. The highest BCUT2D eigenvalue weighted by Gasteiger charge is 2.45. The molecule has 0 saturated carbocycles. The van der Waals surface area contributed by atoms with Crippen molar-refractivity contribution in [3.05, 3.63) is 245 Å². The van der Waals surface area contributed by atoms with Gasteiger partial charge in [-0.25, -0.2) is 29.3 Å². The standard InChI is InChI=1S/3C30H36ClN5O3/c3*1-19-27(34(6)18-33-19)30(5,38)24-16-20-8-7-11-32-25(20)26(22-10-9-21(31)17-23(22)24)35-12-14-36(15-13-35)28(37)39-29(2,3)4/h3*7-11,16-18,26,38H,12-15H2,1-6H3/t3*26-,30?/m000/s1. The average molecular weight is 1650 g/mol. The molecule has 6 aromatic heterocycles. The topological polar surface area (TPSA) is 251 Å². The smallest absolute Gasteiger partial charge is 0.410 e. The summed E-state index contributed by atoms with van der Waals surface area (Å²) in [6, 6.07) is 28.8. The lowest BCUT2D eigenvalue weighted by Gasteiger charge is -2.40. The van der Waals surface area contributed by atoms with Crippen LogP contribution in [-0.2, 0) is 52.2 Å². The number of amides is 3. The lowest BCUT2D eigenvalue weighted by molar-refractivity contribution is 0.0108. The molecule has 3 unspecified atom stereocenters. The van der Waals surface area contributed by atoms with Gasteiger partial charge in [-0.15, -0.1) is 0 Å². The van der Waals surface area contributed by atoms with Gasteiger partial charge in [0.1, 0.15) is 33.6 Å². The van der Waals surface area contributed by atoms with Crippen molar-refractivity contribution >= 4 is 88.0 Å². The first-order chi connectivity index (χ1) is 55.1. The van der Waals surface area contributed by atoms with Crippen LogP contribution in [0.15, 0.2) is 129 Å². The molecule has 3 saturated heterocycles. The van der Waals surface area contributed by atoms with Gasteiger partial charge in [-0.2, -0.15) is 0 Å². The Hall–Kier alpha value is -9.60. The average Bonchev–Trinajstić information content (AvgIpc) is 1.60. The maximum atomic E-state index is 12.7. The Morgan fingerprint density at radius 2 is 0.607 bits per heavy atom. The first-order valence-corrected chi connectivity index (χ1v) is 40.9. The third kappa shape index (κ3) is 17.9. The molecule has 117 heavy (non-hydrogen) atoms. The molecular weight excluding hydrogens is 1540 g/mol. The predicted molar refractivity (Wildman–Crippen MR) is 457 cm³/mol. The quantitative estimate of drug-likeness (QED) is 0.114. The van der Waals surface area contributed by atoms with Crippen LogP contribution in [0.1, 0.15) is 203 Å². The highest BCUT2D eigenvalue weighted by molar-refractivity contribution is 6.31. The lowest BCUT2D eigenvalue weighted by Crippen LogP contribution is -2.51. The number of hydrogen-bond donors (Lipinski definition) is 3. The summed E-state index contributed by atoms with van der Waals surface area (Å²) in [6.45, 7) is 35.2. The first-order valence-electron chi connectivity index (χ1n) is 39.8. The Morgan fingerprint density at radius 1 is 0.368 bits per heavy atom. The fourth-order valence-corrected chi connectivity index (χ4v) is 17.9. The molecular formula is C90H108Cl3N15O9. The number of benzene rings is 3. The van der Waals surface area contributed by atoms with Crippen molar-refractivity contribution in [3.8, 4) is 0 Å². The number of carbonyl (C=O) groups excluding carboxylic acids is 3. The van der Waals surface area contributed by atoms with Gasteiger partial charge in [-0.05, 0) is 243 Å². The SMILES string of the molecule is Cc1ncn(C)c1C(C)(O)C1=Cc2cccnc2[C@@H](N2CCN(C(=O)OC(C)(C)C)CC2)c2ccc(Cl)cc21.Cc1ncn(C)c1C(C)(O)C1=Cc2cccnc2[C@@H](N2CCN(C(=O)OC(C)(C)C)CC2)c2ccc(Cl)cc21.Cc1ncn(C)c1C(C)(O)C1=Cc2cccnc2[C@@H](N2CCN(C(=O)OC(C)(C)C)CC2)c2ccc(Cl)cc21. The number of imidazole rings is 3. The normalized spacial score (nSPS) is 19.4. The van der Waals surface area contributed by atoms with Gasteiger partial charge in [0, 0.05) is 133 Å². The van der Waals surface area contributed by atoms with Crippen molar-refractivity contribution < 1.29 is 43.9 Å². The molecule has 0 bridgehead atoms. The van der Waals surface area contributed by atoms with Crippen LogP contribution in [0.2, 0.25) is 15.1 Å². The minimum atomic E-state index is -1.35. The van der Waals surface area contributed by atoms with E-state index in [0.29, 0.717) is 93.6 Å². The fourth-order valence-electron chi connectivity index (χ4n) is 17.4. The molecule has 3 N–H and O–H groups in total. The van der Waals surface area contributed by atoms with Gasteiger partial charge in [0.2, 0.25) is 0 Å². The van der Waals surface area contributed by atoms with Gasteiger partial charge in [-0.3, -0.25) is 29.7 Å². The highest BCUT2D eigenvalue weighted by atomic mass is 35.5. The summed E-state index contributed by atoms with van der Waals surface area (Å²) in [5, 5.41) is 38.3. The van der Waals surface area contributed by atoms with Crippen LogP contribution in [0, 0.1) is 20.8 Å². The number of hydrogen-bond acceptors (Lipinski definition) is 18. The summed E-state index contributed by atoms with van der Waals surface area (Å²) in [4.78, 5) is 78.4. The molecule has 24 nitrogen and oxygen atoms in total. The second kappa shape index (κ2) is 33.3. The number of halogens is 3. The van der Waals surface area contributed by atoms with Gasteiger partial charge < -0.3 is 57.9 Å². The van der Waals surface area contributed by atoms with Crippen molar-refractivity contribution in [1.82, 2.24) is 73.0 Å². The third-order valence-corrected chi connectivity index (χ3v) is 23.1. The van der Waals surface area contributed by atoms with Crippen molar-refractivity contribution in [2.45, 2.75) is 156 Å². The van der Waals surface area contributed by atoms with Crippen LogP contribution in [0.4, 0.5) is 14.4 Å². The van der Waals surface area contributed by atoms with Crippen molar-refractivity contribution in [1.29, 1.82) is 0 Å². The molecule has 0 spiro atoms. The molecule has 3 aliphatic heterocycles. The van der Waals surface area contributed by atoms with E-state index in [2.05, 4.69) is 29.7 Å². The summed E-state index contributed by atoms with van der Waals surface area (Å²) < 4.78 is 22.4. The highest BCUT2D eigenvalue weighted by Crippen LogP contribution is 2.51. The Balaban J connectivity index is 0.000000152. The van der Waals surface area contributed by atoms with Gasteiger partial charge in [0.25, 0.3) is 0 Å². The van der Waals surface area contributed by atoms with E-state index in [1.54, 1.807) is 52.3 Å². The maximum absolute atomic E-state index is 12.7. The van der Waals surface area contributed by atoms with Crippen LogP contribution >= 0.6 is 34.8 Å². The number of rotatable bonds is 9. The zero-order chi connectivity index (χ0) is 84.3. The molecule has 15 rings (SSSR count). The first kappa shape index (κ1) is 85.3. The summed E-state index contributed by atoms with van der Waals surface area (Å²) in [5.74, 6) is 0. The molecule has 3 fully saturated rings. The second-order valence-electron chi connectivity index (χ2n) is 34.6. The molecule has 9 aromatic rings. The molecule has 6 aliphatic rings. The van der Waals surface area contributed by atoms with E-state index >= 15 is 0 Å². The molecule has 9 heterocycles. The Kier molecular flexibility index (Phi) is 24.3. The number of aliphatic hydroxyl groups is 3. The minimum Gasteiger partial charge on any atom is -0.444 e. The molecule has 618 valence electrons. The molecule has 0 radical (unpaired) electrons. The van der Waals surface area contributed by atoms with Crippen LogP contribution in [-0.4, -0.2) is 202 Å². The van der Waals surface area contributed by atoms with Gasteiger partial charge in [0.15, 0.2) is 0 Å². The Labute approximate surface area is 701 Å². The van der Waals surface area contributed by atoms with E-state index in [1.807, 2.05) is 248 Å². The van der Waals surface area contributed by atoms with Crippen LogP contribution in [0.5, 0.6) is 0 Å². The molecule has 27 heteroatoms. The number of piperazine rings is 3. The fraction of sp³-hybridized carbons (Fsp3) is 0.433. The minimum absolute atomic E-state index is 0.188. The number of nitrogens with zero attached hydrogens (tertiary/aromatic N) is 15. The van der Waals surface area contributed by atoms with Gasteiger partial charge >= 0.3 is 18.3 Å². The molecule has 6 atom stereocenters. The van der Waals surface area contributed by atoms with E-state index < -0.39 is 33.6 Å².